The third-order valence-corrected chi connectivity index (χ3v) is 5.48. The second kappa shape index (κ2) is 8.87. The predicted molar refractivity (Wildman–Crippen MR) is 120 cm³/mol. The molecule has 0 atom stereocenters. The number of anilines is 2. The Morgan fingerprint density at radius 2 is 1.88 bits per heavy atom. The summed E-state index contributed by atoms with van der Waals surface area (Å²) in [6.45, 7) is 6.23. The number of ether oxygens (including phenoxy) is 1. The first-order chi connectivity index (χ1) is 15.8. The Hall–Kier alpha value is -3.78. The summed E-state index contributed by atoms with van der Waals surface area (Å²) in [6, 6.07) is 7.76. The molecular formula is C23H17F4N3O3S. The number of benzene rings is 2. The molecule has 1 saturated heterocycles. The molecule has 0 N–H and O–H groups in total. The minimum Gasteiger partial charge on any atom is -0.458 e. The van der Waals surface area contributed by atoms with Crippen LogP contribution in [0.5, 0.6) is 0 Å². The Morgan fingerprint density at radius 3 is 2.44 bits per heavy atom. The van der Waals surface area contributed by atoms with E-state index in [1.54, 1.807) is 0 Å². The summed E-state index contributed by atoms with van der Waals surface area (Å²) in [5, 5.41) is 8.81. The van der Waals surface area contributed by atoms with Crippen molar-refractivity contribution in [2.24, 2.45) is 0 Å². The van der Waals surface area contributed by atoms with Gasteiger partial charge in [-0.25, -0.2) is 9.18 Å². The van der Waals surface area contributed by atoms with Crippen LogP contribution in [0.3, 0.4) is 0 Å². The lowest BCUT2D eigenvalue weighted by molar-refractivity contribution is -0.137. The van der Waals surface area contributed by atoms with E-state index < -0.39 is 40.5 Å². The Balaban J connectivity index is 2.04. The maximum Gasteiger partial charge on any atom is 0.417 e. The van der Waals surface area contributed by atoms with Crippen LogP contribution in [0.15, 0.2) is 49.1 Å². The highest BCUT2D eigenvalue weighted by molar-refractivity contribution is 7.81. The van der Waals surface area contributed by atoms with Gasteiger partial charge in [-0.15, -0.1) is 0 Å². The molecular weight excluding hydrogens is 474 g/mol. The molecule has 1 aliphatic heterocycles. The van der Waals surface area contributed by atoms with E-state index in [9.17, 15) is 27.2 Å². The Bertz CT molecular complexity index is 1250. The minimum absolute atomic E-state index is 0.105. The Kier molecular flexibility index (Phi) is 6.48. The van der Waals surface area contributed by atoms with Gasteiger partial charge < -0.3 is 9.64 Å². The first-order valence-corrected chi connectivity index (χ1v) is 10.1. The number of nitrogens with zero attached hydrogens (tertiary/aromatic N) is 3. The highest BCUT2D eigenvalue weighted by Crippen LogP contribution is 2.39. The fraction of sp³-hybridized carbons (Fsp3) is 0.217. The van der Waals surface area contributed by atoms with E-state index >= 15 is 0 Å². The van der Waals surface area contributed by atoms with E-state index in [4.69, 9.17) is 22.2 Å². The van der Waals surface area contributed by atoms with Crippen LogP contribution in [0.2, 0.25) is 0 Å². The van der Waals surface area contributed by atoms with Gasteiger partial charge in [-0.05, 0) is 62.5 Å². The SMILES string of the molecule is C=CCOC(=O)c1ccc(N2C(=S)N(c3ccc(C#N)c(C(F)(F)F)c3)C(=O)C2(C)C)cc1F. The zero-order valence-electron chi connectivity index (χ0n) is 17.9. The van der Waals surface area contributed by atoms with Crippen LogP contribution in [0, 0.1) is 17.1 Å². The monoisotopic (exact) mass is 491 g/mol. The summed E-state index contributed by atoms with van der Waals surface area (Å²) in [5.41, 5.74) is -3.66. The van der Waals surface area contributed by atoms with Crippen LogP contribution in [0.4, 0.5) is 28.9 Å². The fourth-order valence-corrected chi connectivity index (χ4v) is 4.00. The molecule has 0 spiro atoms. The zero-order valence-corrected chi connectivity index (χ0v) is 18.8. The van der Waals surface area contributed by atoms with Crippen molar-refractivity contribution in [2.45, 2.75) is 25.6 Å². The van der Waals surface area contributed by atoms with Gasteiger partial charge in [0.2, 0.25) is 0 Å². The smallest absolute Gasteiger partial charge is 0.417 e. The number of hydrogen-bond donors (Lipinski definition) is 0. The summed E-state index contributed by atoms with van der Waals surface area (Å²) >= 11 is 5.39. The number of thiocarbonyl (C=S) groups is 1. The van der Waals surface area contributed by atoms with Gasteiger partial charge in [-0.2, -0.15) is 18.4 Å². The molecule has 3 rings (SSSR count). The van der Waals surface area contributed by atoms with Crippen molar-refractivity contribution in [3.63, 3.8) is 0 Å². The van der Waals surface area contributed by atoms with Gasteiger partial charge in [0, 0.05) is 5.69 Å². The van der Waals surface area contributed by atoms with Gasteiger partial charge in [0.1, 0.15) is 18.0 Å². The third-order valence-electron chi connectivity index (χ3n) is 5.12. The van der Waals surface area contributed by atoms with E-state index in [1.807, 2.05) is 0 Å². The highest BCUT2D eigenvalue weighted by Gasteiger charge is 2.51. The molecule has 1 aliphatic rings. The lowest BCUT2D eigenvalue weighted by atomic mass is 10.0. The number of rotatable bonds is 5. The normalized spacial score (nSPS) is 15.3. The van der Waals surface area contributed by atoms with Crippen molar-refractivity contribution in [3.05, 3.63) is 71.6 Å². The molecule has 1 fully saturated rings. The van der Waals surface area contributed by atoms with Gasteiger partial charge in [0.25, 0.3) is 5.91 Å². The topological polar surface area (TPSA) is 73.6 Å². The molecule has 0 bridgehead atoms. The standard InChI is InChI=1S/C23H17F4N3O3S/c1-4-9-33-19(31)16-8-7-15(11-18(16)24)30-21(34)29(20(32)22(30,2)3)14-6-5-13(12-28)17(10-14)23(25,26)27/h4-8,10-11H,1,9H2,2-3H3. The number of hydrogen-bond acceptors (Lipinski definition) is 5. The molecule has 0 saturated carbocycles. The summed E-state index contributed by atoms with van der Waals surface area (Å²) in [4.78, 5) is 27.3. The van der Waals surface area contributed by atoms with Gasteiger partial charge in [-0.1, -0.05) is 12.7 Å². The molecule has 2 aromatic rings. The van der Waals surface area contributed by atoms with Crippen molar-refractivity contribution >= 4 is 40.6 Å². The molecule has 11 heteroatoms. The molecule has 176 valence electrons. The maximum atomic E-state index is 14.7. The van der Waals surface area contributed by atoms with E-state index in [2.05, 4.69) is 6.58 Å². The van der Waals surface area contributed by atoms with Crippen molar-refractivity contribution in [1.29, 1.82) is 5.26 Å². The Morgan fingerprint density at radius 1 is 1.24 bits per heavy atom. The van der Waals surface area contributed by atoms with Gasteiger partial charge in [-0.3, -0.25) is 9.69 Å². The number of halogens is 4. The fourth-order valence-electron chi connectivity index (χ4n) is 3.48. The summed E-state index contributed by atoms with van der Waals surface area (Å²) < 4.78 is 59.8. The number of carbonyl (C=O) groups is 2. The van der Waals surface area contributed by atoms with Crippen molar-refractivity contribution in [3.8, 4) is 6.07 Å². The maximum absolute atomic E-state index is 14.7. The van der Waals surface area contributed by atoms with Gasteiger partial charge >= 0.3 is 12.1 Å². The summed E-state index contributed by atoms with van der Waals surface area (Å²) in [5.74, 6) is -2.51. The van der Waals surface area contributed by atoms with Crippen LogP contribution in [-0.2, 0) is 15.7 Å². The second-order valence-electron chi connectivity index (χ2n) is 7.71. The molecule has 0 radical (unpaired) electrons. The number of carbonyl (C=O) groups excluding carboxylic acids is 2. The average molecular weight is 491 g/mol. The lowest BCUT2D eigenvalue weighted by Crippen LogP contribution is -2.44. The quantitative estimate of drug-likeness (QED) is 0.254. The largest absolute Gasteiger partial charge is 0.458 e. The van der Waals surface area contributed by atoms with E-state index in [0.29, 0.717) is 6.07 Å². The molecule has 0 unspecified atom stereocenters. The van der Waals surface area contributed by atoms with Crippen molar-refractivity contribution < 1.29 is 31.9 Å². The number of amides is 1. The van der Waals surface area contributed by atoms with Crippen LogP contribution in [0.25, 0.3) is 0 Å². The van der Waals surface area contributed by atoms with E-state index in [-0.39, 0.29) is 28.7 Å². The van der Waals surface area contributed by atoms with Crippen LogP contribution in [0.1, 0.15) is 35.3 Å². The lowest BCUT2D eigenvalue weighted by Gasteiger charge is -2.29. The molecule has 6 nitrogen and oxygen atoms in total. The number of esters is 1. The second-order valence-corrected chi connectivity index (χ2v) is 8.07. The highest BCUT2D eigenvalue weighted by atomic mass is 32.1. The van der Waals surface area contributed by atoms with Gasteiger partial charge in [0.15, 0.2) is 5.11 Å². The number of nitriles is 1. The summed E-state index contributed by atoms with van der Waals surface area (Å²) in [7, 11) is 0. The average Bonchev–Trinajstić information content (AvgIpc) is 2.94. The van der Waals surface area contributed by atoms with Crippen LogP contribution >= 0.6 is 12.2 Å². The molecule has 2 aromatic carbocycles. The summed E-state index contributed by atoms with van der Waals surface area (Å²) in [6.07, 6.45) is -3.51. The van der Waals surface area contributed by atoms with Crippen molar-refractivity contribution in [2.75, 3.05) is 16.4 Å². The zero-order chi connectivity index (χ0) is 25.4. The Labute approximate surface area is 197 Å². The number of alkyl halides is 3. The van der Waals surface area contributed by atoms with Crippen LogP contribution in [-0.4, -0.2) is 29.1 Å². The molecule has 0 aromatic heterocycles. The van der Waals surface area contributed by atoms with E-state index in [0.717, 1.165) is 23.1 Å². The van der Waals surface area contributed by atoms with Gasteiger partial charge in [0.05, 0.1) is 28.4 Å². The first kappa shape index (κ1) is 24.9. The minimum atomic E-state index is -4.83. The first-order valence-electron chi connectivity index (χ1n) is 9.72. The third kappa shape index (κ3) is 4.24. The molecule has 0 aliphatic carbocycles. The molecule has 34 heavy (non-hydrogen) atoms. The molecule has 1 amide bonds. The van der Waals surface area contributed by atoms with Crippen molar-refractivity contribution in [1.82, 2.24) is 0 Å². The molecule has 1 heterocycles. The van der Waals surface area contributed by atoms with Crippen LogP contribution < -0.4 is 9.80 Å². The predicted octanol–water partition coefficient (Wildman–Crippen LogP) is 4.98. The van der Waals surface area contributed by atoms with E-state index in [1.165, 1.54) is 43.0 Å².